The van der Waals surface area contributed by atoms with Crippen LogP contribution < -0.4 is 20.5 Å². The van der Waals surface area contributed by atoms with E-state index in [0.29, 0.717) is 20.1 Å². The fraction of sp³-hybridized carbons (Fsp3) is 0.0455. The van der Waals surface area contributed by atoms with Crippen molar-refractivity contribution >= 4 is 60.7 Å². The van der Waals surface area contributed by atoms with Crippen LogP contribution >= 0.6 is 43.2 Å². The lowest BCUT2D eigenvalue weighted by molar-refractivity contribution is 0.467. The third-order valence-corrected chi connectivity index (χ3v) is 7.06. The number of nitrogens with two attached hydrogens (primary N) is 1. The van der Waals surface area contributed by atoms with Crippen LogP contribution in [0.5, 0.6) is 11.5 Å². The van der Waals surface area contributed by atoms with Gasteiger partial charge in [0, 0.05) is 20.1 Å². The maximum absolute atomic E-state index is 13.2. The van der Waals surface area contributed by atoms with Gasteiger partial charge >= 0.3 is 0 Å². The zero-order valence-corrected chi connectivity index (χ0v) is 20.0. The summed E-state index contributed by atoms with van der Waals surface area (Å²) < 4.78 is 2.98. The molecule has 1 aliphatic heterocycles. The van der Waals surface area contributed by atoms with Gasteiger partial charge in [0.05, 0.1) is 33.7 Å². The number of aromatic nitrogens is 1. The van der Waals surface area contributed by atoms with Crippen molar-refractivity contribution in [2.45, 2.75) is 5.92 Å². The van der Waals surface area contributed by atoms with Crippen LogP contribution in [-0.2, 0) is 0 Å². The minimum Gasteiger partial charge on any atom is -0.508 e. The number of fused-ring (bicyclic) bond motifs is 1. The van der Waals surface area contributed by atoms with E-state index in [1.807, 2.05) is 6.07 Å². The highest BCUT2D eigenvalue weighted by molar-refractivity contribution is 9.10. The van der Waals surface area contributed by atoms with Gasteiger partial charge in [0.15, 0.2) is 0 Å². The Labute approximate surface area is 202 Å². The smallest absolute Gasteiger partial charge is 0.274 e. The molecule has 3 aromatic rings. The second kappa shape index (κ2) is 8.32. The maximum Gasteiger partial charge on any atom is 0.274 e. The number of hydrogen-bond acceptors (Lipinski definition) is 7. The summed E-state index contributed by atoms with van der Waals surface area (Å²) in [6.07, 6.45) is 1.50. The number of hydrogen-bond donors (Lipinski definition) is 3. The van der Waals surface area contributed by atoms with Gasteiger partial charge in [-0.15, -0.1) is 11.3 Å². The third kappa shape index (κ3) is 3.53. The van der Waals surface area contributed by atoms with Crippen molar-refractivity contribution in [2.24, 2.45) is 5.73 Å². The Morgan fingerprint density at radius 2 is 1.66 bits per heavy atom. The van der Waals surface area contributed by atoms with Crippen molar-refractivity contribution < 1.29 is 10.2 Å². The predicted octanol–water partition coefficient (Wildman–Crippen LogP) is 2.80. The Bertz CT molecular complexity index is 1590. The van der Waals surface area contributed by atoms with Crippen molar-refractivity contribution in [3.05, 3.63) is 81.6 Å². The van der Waals surface area contributed by atoms with Crippen LogP contribution in [-0.4, -0.2) is 14.8 Å². The molecular weight excluding hydrogens is 560 g/mol. The van der Waals surface area contributed by atoms with Crippen molar-refractivity contribution in [1.29, 1.82) is 10.5 Å². The highest BCUT2D eigenvalue weighted by Gasteiger charge is 2.33. The molecule has 0 spiro atoms. The molecule has 158 valence electrons. The van der Waals surface area contributed by atoms with E-state index in [-0.39, 0.29) is 37.7 Å². The first-order valence-electron chi connectivity index (χ1n) is 9.01. The molecule has 4 N–H and O–H groups in total. The normalized spacial score (nSPS) is 15.9. The zero-order chi connectivity index (χ0) is 23.2. The van der Waals surface area contributed by atoms with Crippen LogP contribution in [0.1, 0.15) is 17.0 Å². The maximum atomic E-state index is 13.2. The number of halogens is 2. The second-order valence-corrected chi connectivity index (χ2v) is 9.69. The molecule has 0 saturated carbocycles. The minimum atomic E-state index is -0.937. The van der Waals surface area contributed by atoms with Gasteiger partial charge in [-0.1, -0.05) is 31.9 Å². The van der Waals surface area contributed by atoms with Crippen LogP contribution in [0.3, 0.4) is 0 Å². The number of nitrogens with zero attached hydrogens (tertiary/aromatic N) is 3. The fourth-order valence-electron chi connectivity index (χ4n) is 3.50. The minimum absolute atomic E-state index is 0.0146. The molecule has 1 unspecified atom stereocenters. The summed E-state index contributed by atoms with van der Waals surface area (Å²) in [6, 6.07) is 13.6. The molecule has 0 radical (unpaired) electrons. The molecule has 10 heteroatoms. The number of phenols is 2. The molecule has 2 aromatic carbocycles. The zero-order valence-electron chi connectivity index (χ0n) is 16.0. The molecule has 4 rings (SSSR count). The van der Waals surface area contributed by atoms with Crippen LogP contribution in [0.25, 0.3) is 17.5 Å². The number of benzene rings is 2. The summed E-state index contributed by atoms with van der Waals surface area (Å²) in [5.74, 6) is -1.17. The van der Waals surface area contributed by atoms with E-state index in [9.17, 15) is 25.5 Å². The fourth-order valence-corrected chi connectivity index (χ4v) is 5.38. The van der Waals surface area contributed by atoms with E-state index in [4.69, 9.17) is 5.73 Å². The van der Waals surface area contributed by atoms with Crippen LogP contribution in [0.4, 0.5) is 0 Å². The quantitative estimate of drug-likeness (QED) is 0.433. The number of rotatable bonds is 2. The van der Waals surface area contributed by atoms with Crippen molar-refractivity contribution in [2.75, 3.05) is 0 Å². The Morgan fingerprint density at radius 3 is 2.31 bits per heavy atom. The average molecular weight is 572 g/mol. The van der Waals surface area contributed by atoms with Crippen molar-refractivity contribution in [1.82, 2.24) is 4.57 Å². The first-order valence-corrected chi connectivity index (χ1v) is 11.4. The number of thiazole rings is 1. The first kappa shape index (κ1) is 21.9. The van der Waals surface area contributed by atoms with Gasteiger partial charge in [-0.25, -0.2) is 0 Å². The molecule has 1 aromatic heterocycles. The Hall–Kier alpha value is -3.31. The predicted molar refractivity (Wildman–Crippen MR) is 128 cm³/mol. The summed E-state index contributed by atoms with van der Waals surface area (Å²) in [6.45, 7) is 0. The topological polar surface area (TPSA) is 136 Å². The molecular formula is C22H12Br2N4O3S. The number of aromatic hydroxyl groups is 2. The van der Waals surface area contributed by atoms with Crippen molar-refractivity contribution in [3.8, 4) is 23.6 Å². The van der Waals surface area contributed by atoms with Gasteiger partial charge in [0.2, 0.25) is 0 Å². The lowest BCUT2D eigenvalue weighted by Gasteiger charge is -2.23. The summed E-state index contributed by atoms with van der Waals surface area (Å²) in [7, 11) is 0. The van der Waals surface area contributed by atoms with Gasteiger partial charge in [-0.3, -0.25) is 9.36 Å². The summed E-state index contributed by atoms with van der Waals surface area (Å²) >= 11 is 7.69. The summed E-state index contributed by atoms with van der Waals surface area (Å²) in [4.78, 5) is 13.2. The number of allylic oxidation sites excluding steroid dienone is 1. The Balaban J connectivity index is 2.10. The lowest BCUT2D eigenvalue weighted by Crippen LogP contribution is -2.38. The highest BCUT2D eigenvalue weighted by atomic mass is 79.9. The number of phenolic OH excluding ortho intramolecular Hbond substituents is 2. The van der Waals surface area contributed by atoms with Crippen LogP contribution in [0.15, 0.2) is 55.7 Å². The van der Waals surface area contributed by atoms with E-state index >= 15 is 0 Å². The molecule has 1 aliphatic rings. The van der Waals surface area contributed by atoms with Gasteiger partial charge in [0.1, 0.15) is 22.0 Å². The van der Waals surface area contributed by atoms with E-state index in [1.54, 1.807) is 24.3 Å². The largest absolute Gasteiger partial charge is 0.508 e. The second-order valence-electron chi connectivity index (χ2n) is 6.83. The van der Waals surface area contributed by atoms with E-state index in [1.165, 1.54) is 18.2 Å². The molecule has 7 nitrogen and oxygen atoms in total. The molecule has 0 aliphatic carbocycles. The monoisotopic (exact) mass is 570 g/mol. The van der Waals surface area contributed by atoms with Gasteiger partial charge in [-0.2, -0.15) is 10.5 Å². The Morgan fingerprint density at radius 1 is 1.03 bits per heavy atom. The molecule has 32 heavy (non-hydrogen) atoms. The third-order valence-electron chi connectivity index (χ3n) is 4.97. The van der Waals surface area contributed by atoms with Gasteiger partial charge in [-0.05, 0) is 42.5 Å². The highest BCUT2D eigenvalue weighted by Crippen LogP contribution is 2.40. The number of nitriles is 2. The molecule has 0 bridgehead atoms. The molecule has 0 fully saturated rings. The van der Waals surface area contributed by atoms with Gasteiger partial charge in [0.25, 0.3) is 5.56 Å². The summed E-state index contributed by atoms with van der Waals surface area (Å²) in [5, 5.41) is 40.4. The summed E-state index contributed by atoms with van der Waals surface area (Å²) in [5.41, 5.74) is 6.54. The van der Waals surface area contributed by atoms with Gasteiger partial charge < -0.3 is 15.9 Å². The molecule has 0 amide bonds. The van der Waals surface area contributed by atoms with Crippen LogP contribution in [0, 0.1) is 22.7 Å². The molecule has 1 atom stereocenters. The van der Waals surface area contributed by atoms with Crippen molar-refractivity contribution in [3.63, 3.8) is 0 Å². The van der Waals surface area contributed by atoms with E-state index in [0.717, 1.165) is 15.9 Å². The molecule has 0 saturated heterocycles. The van der Waals surface area contributed by atoms with E-state index < -0.39 is 11.5 Å². The standard InChI is InChI=1S/C22H12Br2N4O3S/c23-11-1-3-16(29)10(5-11)6-18-21(31)28-20(27)14(8-25)19(15(9-26)22(28)32-18)13-7-12(24)2-4-17(13)30/h1-7,19,29-30H,27H2/b18-6-. The molecule has 2 heterocycles. The average Bonchev–Trinajstić information content (AvgIpc) is 3.08. The van der Waals surface area contributed by atoms with E-state index in [2.05, 4.69) is 37.9 Å². The van der Waals surface area contributed by atoms with Crippen LogP contribution in [0.2, 0.25) is 0 Å². The first-order chi connectivity index (χ1) is 15.3. The Kier molecular flexibility index (Phi) is 5.70. The SMILES string of the molecule is N#CC1=C(N)n2c(s/c(=C\c3cc(Br)ccc3O)c2=O)=C(C#N)C1c1cc(Br)ccc1O. The lowest BCUT2D eigenvalue weighted by atomic mass is 9.84.